The van der Waals surface area contributed by atoms with Crippen LogP contribution in [0.5, 0.6) is 0 Å². The molecule has 3 rings (SSSR count). The lowest BCUT2D eigenvalue weighted by Gasteiger charge is -2.31. The molecule has 1 heterocycles. The van der Waals surface area contributed by atoms with Gasteiger partial charge in [0, 0.05) is 17.9 Å². The van der Waals surface area contributed by atoms with Crippen molar-refractivity contribution in [3.8, 4) is 6.07 Å². The van der Waals surface area contributed by atoms with Gasteiger partial charge in [0.1, 0.15) is 11.9 Å². The largest absolute Gasteiger partial charge is 0.458 e. The van der Waals surface area contributed by atoms with E-state index in [1.54, 1.807) is 20.8 Å². The zero-order valence-corrected chi connectivity index (χ0v) is 17.2. The number of carbonyl (C=O) groups excluding carboxylic acids is 2. The summed E-state index contributed by atoms with van der Waals surface area (Å²) in [6, 6.07) is 18.7. The molecule has 1 saturated heterocycles. The average Bonchev–Trinajstić information content (AvgIpc) is 3.04. The van der Waals surface area contributed by atoms with Crippen molar-refractivity contribution < 1.29 is 14.3 Å². The van der Waals surface area contributed by atoms with E-state index < -0.39 is 35.0 Å². The van der Waals surface area contributed by atoms with Crippen molar-refractivity contribution in [1.82, 2.24) is 5.32 Å². The Balaban J connectivity index is 2.17. The number of hydrogen-bond donors (Lipinski definition) is 1. The summed E-state index contributed by atoms with van der Waals surface area (Å²) in [6.07, 6.45) is 0.846. The van der Waals surface area contributed by atoms with Gasteiger partial charge < -0.3 is 9.53 Å². The van der Waals surface area contributed by atoms with Crippen molar-refractivity contribution in [3.63, 3.8) is 0 Å². The van der Waals surface area contributed by atoms with E-state index in [1.165, 1.54) is 0 Å². The number of hydrogen-bond acceptors (Lipinski definition) is 5. The number of carbonyl (C=O) groups is 2. The molecule has 2 aromatic carbocycles. The van der Waals surface area contributed by atoms with E-state index >= 15 is 0 Å². The number of ether oxygens (including phenoxy) is 1. The summed E-state index contributed by atoms with van der Waals surface area (Å²) in [5, 5.41) is 13.4. The second-order valence-electron chi connectivity index (χ2n) is 8.56. The number of rotatable bonds is 4. The molecule has 5 heteroatoms. The molecular formula is C24H26N2O3. The Kier molecular flexibility index (Phi) is 5.59. The van der Waals surface area contributed by atoms with Crippen LogP contribution in [-0.2, 0) is 14.3 Å². The van der Waals surface area contributed by atoms with Crippen LogP contribution >= 0.6 is 0 Å². The Bertz CT molecular complexity index is 925. The number of nitrogens with zero attached hydrogens (tertiary/aromatic N) is 1. The normalized spacial score (nSPS) is 26.5. The van der Waals surface area contributed by atoms with Gasteiger partial charge in [-0.25, -0.2) is 4.79 Å². The van der Waals surface area contributed by atoms with Crippen LogP contribution < -0.4 is 5.32 Å². The lowest BCUT2D eigenvalue weighted by atomic mass is 9.74. The smallest absolute Gasteiger partial charge is 0.342 e. The highest BCUT2D eigenvalue weighted by atomic mass is 16.6. The highest BCUT2D eigenvalue weighted by Crippen LogP contribution is 2.48. The Morgan fingerprint density at radius 3 is 2.24 bits per heavy atom. The second kappa shape index (κ2) is 7.81. The van der Waals surface area contributed by atoms with Crippen LogP contribution in [-0.4, -0.2) is 23.4 Å². The molecule has 29 heavy (non-hydrogen) atoms. The lowest BCUT2D eigenvalue weighted by Crippen LogP contribution is -2.53. The predicted molar refractivity (Wildman–Crippen MR) is 110 cm³/mol. The van der Waals surface area contributed by atoms with Gasteiger partial charge in [0.05, 0.1) is 6.07 Å². The first-order valence-electron chi connectivity index (χ1n) is 9.71. The molecule has 5 nitrogen and oxygen atoms in total. The maximum absolute atomic E-state index is 13.3. The van der Waals surface area contributed by atoms with Gasteiger partial charge in [-0.15, -0.1) is 0 Å². The quantitative estimate of drug-likeness (QED) is 0.634. The summed E-state index contributed by atoms with van der Waals surface area (Å²) in [6.45, 7) is 7.25. The van der Waals surface area contributed by atoms with E-state index in [0.29, 0.717) is 0 Å². The molecule has 0 aromatic heterocycles. The van der Waals surface area contributed by atoms with Crippen molar-refractivity contribution in [1.29, 1.82) is 5.26 Å². The van der Waals surface area contributed by atoms with Crippen LogP contribution in [0.2, 0.25) is 0 Å². The van der Waals surface area contributed by atoms with E-state index in [9.17, 15) is 14.9 Å². The van der Waals surface area contributed by atoms with Crippen molar-refractivity contribution >= 4 is 12.3 Å². The Morgan fingerprint density at radius 2 is 1.72 bits per heavy atom. The fourth-order valence-electron chi connectivity index (χ4n) is 3.97. The summed E-state index contributed by atoms with van der Waals surface area (Å²) < 4.78 is 5.63. The molecule has 4 atom stereocenters. The standard InChI is InChI=1S/C24H26N2O3/c1-16-10-12-17(13-11-16)20-19(14-27)21(18-8-6-5-7-9-18)26-24(20,15-25)22(28)29-23(2,3)4/h5-14,19-21,26H,1-4H3/t19-,20-,21-,24-/m1/s1. The fraction of sp³-hybridized carbons (Fsp3) is 0.375. The van der Waals surface area contributed by atoms with E-state index in [0.717, 1.165) is 23.0 Å². The van der Waals surface area contributed by atoms with Gasteiger partial charge in [-0.1, -0.05) is 60.2 Å². The Morgan fingerprint density at radius 1 is 1.10 bits per heavy atom. The molecule has 150 valence electrons. The molecule has 0 saturated carbocycles. The summed E-state index contributed by atoms with van der Waals surface area (Å²) in [7, 11) is 0. The molecule has 0 unspecified atom stereocenters. The molecule has 0 spiro atoms. The topological polar surface area (TPSA) is 79.2 Å². The molecule has 0 amide bonds. The first-order valence-corrected chi connectivity index (χ1v) is 9.71. The van der Waals surface area contributed by atoms with Crippen LogP contribution in [0.15, 0.2) is 54.6 Å². The van der Waals surface area contributed by atoms with E-state index in [1.807, 2.05) is 61.5 Å². The van der Waals surface area contributed by atoms with Crippen LogP contribution in [0.3, 0.4) is 0 Å². The third-order valence-electron chi connectivity index (χ3n) is 5.27. The van der Waals surface area contributed by atoms with Gasteiger partial charge in [0.25, 0.3) is 0 Å². The summed E-state index contributed by atoms with van der Waals surface area (Å²) in [5.41, 5.74) is 0.228. The van der Waals surface area contributed by atoms with E-state index in [4.69, 9.17) is 4.74 Å². The molecule has 1 fully saturated rings. The monoisotopic (exact) mass is 390 g/mol. The molecule has 2 aromatic rings. The summed E-state index contributed by atoms with van der Waals surface area (Å²) in [5.74, 6) is -1.94. The zero-order valence-electron chi connectivity index (χ0n) is 17.2. The minimum absolute atomic E-state index is 0.479. The van der Waals surface area contributed by atoms with Gasteiger partial charge in [-0.2, -0.15) is 5.26 Å². The van der Waals surface area contributed by atoms with Crippen molar-refractivity contribution in [2.24, 2.45) is 5.92 Å². The van der Waals surface area contributed by atoms with E-state index in [2.05, 4.69) is 11.4 Å². The predicted octanol–water partition coefficient (Wildman–Crippen LogP) is 3.84. The molecular weight excluding hydrogens is 364 g/mol. The van der Waals surface area contributed by atoms with Crippen LogP contribution in [0, 0.1) is 24.2 Å². The van der Waals surface area contributed by atoms with Crippen LogP contribution in [0.4, 0.5) is 0 Å². The number of benzene rings is 2. The van der Waals surface area contributed by atoms with Gasteiger partial charge in [-0.05, 0) is 38.8 Å². The molecule has 0 bridgehead atoms. The summed E-state index contributed by atoms with van der Waals surface area (Å²) >= 11 is 0. The van der Waals surface area contributed by atoms with Gasteiger partial charge in [0.2, 0.25) is 5.54 Å². The molecule has 0 radical (unpaired) electrons. The first-order chi connectivity index (χ1) is 13.7. The molecule has 0 aliphatic carbocycles. The zero-order chi connectivity index (χ0) is 21.2. The van der Waals surface area contributed by atoms with Crippen LogP contribution in [0.25, 0.3) is 0 Å². The highest BCUT2D eigenvalue weighted by molar-refractivity contribution is 5.89. The minimum Gasteiger partial charge on any atom is -0.458 e. The van der Waals surface area contributed by atoms with Gasteiger partial charge >= 0.3 is 5.97 Å². The van der Waals surface area contributed by atoms with Crippen molar-refractivity contribution in [2.45, 2.75) is 50.8 Å². The summed E-state index contributed by atoms with van der Waals surface area (Å²) in [4.78, 5) is 25.5. The van der Waals surface area contributed by atoms with Crippen molar-refractivity contribution in [3.05, 3.63) is 71.3 Å². The SMILES string of the molecule is Cc1ccc([C@@H]2[C@@H](C=O)[C@@H](c3ccccc3)N[C@@]2(C#N)C(=O)OC(C)(C)C)cc1. The number of nitrogens with one attached hydrogen (secondary N) is 1. The highest BCUT2D eigenvalue weighted by Gasteiger charge is 2.60. The van der Waals surface area contributed by atoms with Crippen LogP contribution in [0.1, 0.15) is 49.4 Å². The van der Waals surface area contributed by atoms with Gasteiger partial charge in [-0.3, -0.25) is 5.32 Å². The molecule has 1 N–H and O–H groups in total. The minimum atomic E-state index is -1.67. The first kappa shape index (κ1) is 20.8. The van der Waals surface area contributed by atoms with E-state index in [-0.39, 0.29) is 0 Å². The number of aldehydes is 1. The lowest BCUT2D eigenvalue weighted by molar-refractivity contribution is -0.160. The van der Waals surface area contributed by atoms with Crippen molar-refractivity contribution in [2.75, 3.05) is 0 Å². The Labute approximate surface area is 171 Å². The maximum atomic E-state index is 13.3. The molecule has 1 aliphatic heterocycles. The average molecular weight is 390 g/mol. The second-order valence-corrected chi connectivity index (χ2v) is 8.56. The maximum Gasteiger partial charge on any atom is 0.342 e. The number of nitriles is 1. The third-order valence-corrected chi connectivity index (χ3v) is 5.27. The number of esters is 1. The van der Waals surface area contributed by atoms with Gasteiger partial charge in [0.15, 0.2) is 0 Å². The fourth-order valence-corrected chi connectivity index (χ4v) is 3.97. The third kappa shape index (κ3) is 3.94. The molecule has 1 aliphatic rings. The Hall–Kier alpha value is -2.97. The number of aryl methyl sites for hydroxylation is 1.